The van der Waals surface area contributed by atoms with E-state index in [1.807, 2.05) is 66.9 Å². The largest absolute Gasteiger partial charge is 0.406 e. The van der Waals surface area contributed by atoms with Crippen LogP contribution in [0.4, 0.5) is 18.9 Å². The van der Waals surface area contributed by atoms with Gasteiger partial charge in [0.1, 0.15) is 6.54 Å². The number of hydrogen-bond acceptors (Lipinski definition) is 8. The summed E-state index contributed by atoms with van der Waals surface area (Å²) >= 11 is 4.71. The van der Waals surface area contributed by atoms with Crippen molar-refractivity contribution < 1.29 is 13.2 Å². The summed E-state index contributed by atoms with van der Waals surface area (Å²) in [7, 11) is 1.89. The maximum atomic E-state index is 14.7. The molecule has 2 aliphatic rings. The van der Waals surface area contributed by atoms with Gasteiger partial charge in [0.05, 0.1) is 23.3 Å². The van der Waals surface area contributed by atoms with Crippen molar-refractivity contribution in [3.05, 3.63) is 84.7 Å². The van der Waals surface area contributed by atoms with E-state index < -0.39 is 18.8 Å². The molecule has 4 aromatic rings. The normalized spacial score (nSPS) is 15.5. The zero-order valence-electron chi connectivity index (χ0n) is 40.9. The number of hydrazine groups is 1. The lowest BCUT2D eigenvalue weighted by molar-refractivity contribution is -0.139. The van der Waals surface area contributed by atoms with Gasteiger partial charge in [0, 0.05) is 61.3 Å². The Morgan fingerprint density at radius 3 is 2.28 bits per heavy atom. The van der Waals surface area contributed by atoms with Crippen LogP contribution >= 0.6 is 12.6 Å². The van der Waals surface area contributed by atoms with E-state index in [1.165, 1.54) is 29.4 Å². The number of aliphatic imine (C=N–C) groups is 1. The lowest BCUT2D eigenvalue weighted by Crippen LogP contribution is -2.54. The van der Waals surface area contributed by atoms with E-state index in [1.54, 1.807) is 0 Å². The second kappa shape index (κ2) is 29.1. The quantitative estimate of drug-likeness (QED) is 0.0278. The molecule has 64 heavy (non-hydrogen) atoms. The fourth-order valence-electron chi connectivity index (χ4n) is 8.48. The van der Waals surface area contributed by atoms with Crippen LogP contribution < -0.4 is 21.5 Å². The highest BCUT2D eigenvalue weighted by Crippen LogP contribution is 2.44. The summed E-state index contributed by atoms with van der Waals surface area (Å²) in [6.07, 6.45) is 7.18. The predicted molar refractivity (Wildman–Crippen MR) is 275 cm³/mol. The number of piperazine rings is 1. The molecule has 0 aliphatic carbocycles. The molecule has 4 heterocycles. The number of rotatable bonds is 17. The summed E-state index contributed by atoms with van der Waals surface area (Å²) in [4.78, 5) is 13.4. The van der Waals surface area contributed by atoms with Crippen LogP contribution in [0.5, 0.6) is 0 Å². The Balaban J connectivity index is 0.00000130. The predicted octanol–water partition coefficient (Wildman–Crippen LogP) is 12.5. The minimum Gasteiger partial charge on any atom is -0.367 e. The van der Waals surface area contributed by atoms with Crippen LogP contribution in [0.25, 0.3) is 33.3 Å². The number of unbranched alkanes of at least 4 members (excludes halogenated alkanes) is 3. The number of aromatic nitrogens is 2. The van der Waals surface area contributed by atoms with Crippen molar-refractivity contribution in [2.24, 2.45) is 16.1 Å². The van der Waals surface area contributed by atoms with E-state index >= 15 is 0 Å². The molecule has 0 bridgehead atoms. The maximum Gasteiger partial charge on any atom is 0.406 e. The first-order valence-electron chi connectivity index (χ1n) is 23.8. The molecule has 8 nitrogen and oxygen atoms in total. The molecule has 2 saturated heterocycles. The lowest BCUT2D eigenvalue weighted by Gasteiger charge is -2.45. The van der Waals surface area contributed by atoms with Gasteiger partial charge in [-0.2, -0.15) is 25.8 Å². The average molecular weight is 909 g/mol. The van der Waals surface area contributed by atoms with Crippen molar-refractivity contribution in [2.75, 3.05) is 57.0 Å². The van der Waals surface area contributed by atoms with Gasteiger partial charge in [-0.3, -0.25) is 20.7 Å². The standard InChI is InChI=1S/C43H60F3N7S.C3H7N.2C2H6.C2H4/c1-30(47)40-37(24-35(26-49-40)52-21-20-51-19-10-8-15-34(51)27-52)41-38(25-42(2,3)29-54)36-23-33(16-17-39(36)53(41)28-43(44,45)46)32-14-11-13-31(22-32)12-7-5-6-9-18-50-48-4;1-3-4-2;3*1-2/h11,13-14,16-17,22-24,26,30,34,48,50,54H,5-10,12,15,18-21,25,27-29,47H2,1-4H3;2-3H2,1H3;2*1-2H3;1-2H2. The van der Waals surface area contributed by atoms with Gasteiger partial charge >= 0.3 is 6.18 Å². The third kappa shape index (κ3) is 16.6. The van der Waals surface area contributed by atoms with Gasteiger partial charge in [-0.25, -0.2) is 0 Å². The fourth-order valence-corrected chi connectivity index (χ4v) is 8.59. The van der Waals surface area contributed by atoms with Crippen molar-refractivity contribution in [3.8, 4) is 22.4 Å². The molecular weight excluding hydrogens is 826 g/mol. The molecule has 2 atom stereocenters. The van der Waals surface area contributed by atoms with E-state index in [9.17, 15) is 13.2 Å². The minimum absolute atomic E-state index is 0.287. The van der Waals surface area contributed by atoms with Crippen molar-refractivity contribution >= 4 is 35.9 Å². The van der Waals surface area contributed by atoms with Crippen LogP contribution in [-0.2, 0) is 19.4 Å². The van der Waals surface area contributed by atoms with Crippen LogP contribution in [0.15, 0.2) is 72.9 Å². The zero-order chi connectivity index (χ0) is 47.9. The number of pyridine rings is 1. The molecule has 4 N–H and O–H groups in total. The third-order valence-electron chi connectivity index (χ3n) is 11.6. The first-order valence-corrected chi connectivity index (χ1v) is 24.4. The van der Waals surface area contributed by atoms with Crippen LogP contribution in [0.3, 0.4) is 0 Å². The van der Waals surface area contributed by atoms with Gasteiger partial charge in [-0.15, -0.1) is 13.2 Å². The summed E-state index contributed by atoms with van der Waals surface area (Å²) in [5, 5.41) is 0.832. The molecule has 0 saturated carbocycles. The number of alkyl halides is 3. The first kappa shape index (κ1) is 56.4. The summed E-state index contributed by atoms with van der Waals surface area (Å²) in [6.45, 7) is 29.9. The van der Waals surface area contributed by atoms with E-state index in [2.05, 4.69) is 95.8 Å². The Bertz CT molecular complexity index is 1940. The average Bonchev–Trinajstić information content (AvgIpc) is 3.59. The van der Waals surface area contributed by atoms with Crippen LogP contribution in [0.1, 0.15) is 123 Å². The number of benzene rings is 2. The second-order valence-electron chi connectivity index (χ2n) is 16.9. The van der Waals surface area contributed by atoms with E-state index in [-0.39, 0.29) is 5.41 Å². The molecule has 2 fully saturated rings. The number of aryl methyl sites for hydroxylation is 1. The smallest absolute Gasteiger partial charge is 0.367 e. The van der Waals surface area contributed by atoms with Gasteiger partial charge in [0.25, 0.3) is 0 Å². The topological polar surface area (TPSA) is 86.7 Å². The molecule has 2 aliphatic heterocycles. The summed E-state index contributed by atoms with van der Waals surface area (Å²) in [5.74, 6) is 0.580. The van der Waals surface area contributed by atoms with Gasteiger partial charge in [0.15, 0.2) is 0 Å². The number of fused-ring (bicyclic) bond motifs is 2. The molecule has 12 heteroatoms. The number of thiol groups is 1. The Hall–Kier alpha value is -3.68. The van der Waals surface area contributed by atoms with Crippen LogP contribution in [-0.4, -0.2) is 85.5 Å². The Kier molecular flexibility index (Phi) is 25.6. The first-order chi connectivity index (χ1) is 30.8. The van der Waals surface area contributed by atoms with Gasteiger partial charge in [0.2, 0.25) is 0 Å². The van der Waals surface area contributed by atoms with Crippen LogP contribution in [0, 0.1) is 5.41 Å². The highest BCUT2D eigenvalue weighted by molar-refractivity contribution is 7.80. The fraction of sp³-hybridized carbons (Fsp3) is 0.577. The molecule has 2 aromatic carbocycles. The monoisotopic (exact) mass is 909 g/mol. The van der Waals surface area contributed by atoms with Gasteiger partial charge in [-0.1, -0.05) is 91.1 Å². The highest BCUT2D eigenvalue weighted by Gasteiger charge is 2.35. The van der Waals surface area contributed by atoms with Crippen molar-refractivity contribution in [3.63, 3.8) is 0 Å². The Morgan fingerprint density at radius 2 is 1.64 bits per heavy atom. The molecule has 358 valence electrons. The number of piperidine rings is 1. The number of nitrogens with zero attached hydrogens (tertiary/aromatic N) is 5. The van der Waals surface area contributed by atoms with Crippen molar-refractivity contribution in [1.82, 2.24) is 25.3 Å². The summed E-state index contributed by atoms with van der Waals surface area (Å²) < 4.78 is 45.5. The molecule has 6 rings (SSSR count). The van der Waals surface area contributed by atoms with Crippen LogP contribution in [0.2, 0.25) is 0 Å². The van der Waals surface area contributed by atoms with Gasteiger partial charge < -0.3 is 20.2 Å². The summed E-state index contributed by atoms with van der Waals surface area (Å²) in [6, 6.07) is 16.7. The Labute approximate surface area is 391 Å². The highest BCUT2D eigenvalue weighted by atomic mass is 32.1. The number of nitrogens with two attached hydrogens (primary N) is 1. The van der Waals surface area contributed by atoms with E-state index in [4.69, 9.17) is 23.3 Å². The molecule has 2 unspecified atom stereocenters. The molecule has 2 aromatic heterocycles. The molecule has 0 amide bonds. The van der Waals surface area contributed by atoms with Crippen molar-refractivity contribution in [2.45, 2.75) is 138 Å². The molecular formula is C52H83F3N8S. The second-order valence-corrected chi connectivity index (χ2v) is 17.2. The number of hydrogen-bond donors (Lipinski definition) is 4. The lowest BCUT2D eigenvalue weighted by atomic mass is 9.85. The Morgan fingerprint density at radius 1 is 0.953 bits per heavy atom. The third-order valence-corrected chi connectivity index (χ3v) is 12.4. The van der Waals surface area contributed by atoms with Gasteiger partial charge in [-0.05, 0) is 124 Å². The minimum atomic E-state index is -4.44. The SMILES string of the molecule is C=C.C=NCC.CC.CC.CNNCCCCCCc1cccc(-c2ccc3c(c2)c(CC(C)(C)CS)c(-c2cc(N4CCN5CCCCC5C4)cnc2C(C)N)n3CC(F)(F)F)c1. The van der Waals surface area contributed by atoms with Crippen molar-refractivity contribution in [1.29, 1.82) is 0 Å². The number of halogens is 3. The zero-order valence-corrected chi connectivity index (χ0v) is 41.8. The summed E-state index contributed by atoms with van der Waals surface area (Å²) in [5.41, 5.74) is 20.0. The molecule has 0 radical (unpaired) electrons. The maximum absolute atomic E-state index is 14.7. The van der Waals surface area contributed by atoms with E-state index in [0.717, 1.165) is 99.1 Å². The number of nitrogens with one attached hydrogen (secondary N) is 2. The number of anilines is 1. The van der Waals surface area contributed by atoms with E-state index in [0.29, 0.717) is 40.7 Å². The molecule has 0 spiro atoms.